The molecule has 1 aliphatic rings. The minimum absolute atomic E-state index is 0. The fourth-order valence-corrected chi connectivity index (χ4v) is 3.65. The molecule has 1 saturated heterocycles. The molecule has 0 saturated carbocycles. The maximum absolute atomic E-state index is 13.2. The maximum atomic E-state index is 13.2. The first-order valence-corrected chi connectivity index (χ1v) is 9.84. The summed E-state index contributed by atoms with van der Waals surface area (Å²) in [5, 5.41) is 2.93. The zero-order valence-corrected chi connectivity index (χ0v) is 18.7. The molecule has 3 N–H and O–H groups in total. The summed E-state index contributed by atoms with van der Waals surface area (Å²) in [4.78, 5) is 31.8. The van der Waals surface area contributed by atoms with Crippen molar-refractivity contribution < 1.29 is 9.59 Å². The van der Waals surface area contributed by atoms with Crippen LogP contribution in [-0.4, -0.2) is 46.9 Å². The van der Waals surface area contributed by atoms with E-state index in [-0.39, 0.29) is 42.7 Å². The SMILES string of the molecule is CC(N)C1CCN(C(=O)C(Cc2cccnc2)NC(=O)c2ccccc2)CC1.Cl.Cl. The number of nitrogens with one attached hydrogen (secondary N) is 1. The fraction of sp³-hybridized carbons (Fsp3) is 0.409. The molecule has 8 heteroatoms. The molecule has 1 aromatic heterocycles. The summed E-state index contributed by atoms with van der Waals surface area (Å²) in [6.45, 7) is 3.37. The average molecular weight is 453 g/mol. The minimum atomic E-state index is -0.622. The van der Waals surface area contributed by atoms with Gasteiger partial charge in [0.2, 0.25) is 5.91 Å². The number of pyridine rings is 1. The predicted molar refractivity (Wildman–Crippen MR) is 123 cm³/mol. The van der Waals surface area contributed by atoms with Crippen LogP contribution in [0.15, 0.2) is 54.9 Å². The number of carbonyl (C=O) groups is 2. The van der Waals surface area contributed by atoms with E-state index in [0.29, 0.717) is 31.0 Å². The number of hydrogen-bond donors (Lipinski definition) is 2. The summed E-state index contributed by atoms with van der Waals surface area (Å²) >= 11 is 0. The van der Waals surface area contributed by atoms with Crippen molar-refractivity contribution in [1.82, 2.24) is 15.2 Å². The minimum Gasteiger partial charge on any atom is -0.341 e. The van der Waals surface area contributed by atoms with Gasteiger partial charge in [0.05, 0.1) is 0 Å². The van der Waals surface area contributed by atoms with Crippen molar-refractivity contribution in [2.24, 2.45) is 11.7 Å². The Kier molecular flexibility index (Phi) is 10.8. The fourth-order valence-electron chi connectivity index (χ4n) is 3.65. The first kappa shape index (κ1) is 25.9. The summed E-state index contributed by atoms with van der Waals surface area (Å²) in [5.41, 5.74) is 7.47. The van der Waals surface area contributed by atoms with Crippen LogP contribution in [0.4, 0.5) is 0 Å². The molecule has 1 aromatic carbocycles. The number of amides is 2. The highest BCUT2D eigenvalue weighted by atomic mass is 35.5. The van der Waals surface area contributed by atoms with Gasteiger partial charge < -0.3 is 16.0 Å². The van der Waals surface area contributed by atoms with Crippen LogP contribution >= 0.6 is 24.8 Å². The van der Waals surface area contributed by atoms with Gasteiger partial charge in [-0.15, -0.1) is 24.8 Å². The second-order valence-corrected chi connectivity index (χ2v) is 7.48. The monoisotopic (exact) mass is 452 g/mol. The first-order valence-electron chi connectivity index (χ1n) is 9.84. The van der Waals surface area contributed by atoms with Gasteiger partial charge in [-0.2, -0.15) is 0 Å². The van der Waals surface area contributed by atoms with Crippen molar-refractivity contribution in [1.29, 1.82) is 0 Å². The highest BCUT2D eigenvalue weighted by Crippen LogP contribution is 2.20. The Morgan fingerprint density at radius 1 is 1.13 bits per heavy atom. The molecule has 1 aliphatic heterocycles. The second-order valence-electron chi connectivity index (χ2n) is 7.48. The number of nitrogens with zero attached hydrogens (tertiary/aromatic N) is 2. The van der Waals surface area contributed by atoms with Gasteiger partial charge in [-0.3, -0.25) is 14.6 Å². The Morgan fingerprint density at radius 3 is 2.37 bits per heavy atom. The van der Waals surface area contributed by atoms with E-state index in [4.69, 9.17) is 5.73 Å². The molecule has 2 unspecified atom stereocenters. The number of aromatic nitrogens is 1. The molecule has 30 heavy (non-hydrogen) atoms. The van der Waals surface area contributed by atoms with Crippen LogP contribution < -0.4 is 11.1 Å². The Hall–Kier alpha value is -2.15. The molecular weight excluding hydrogens is 423 g/mol. The summed E-state index contributed by atoms with van der Waals surface area (Å²) in [6.07, 6.45) is 5.64. The van der Waals surface area contributed by atoms with Gasteiger partial charge in [-0.05, 0) is 49.4 Å². The third-order valence-corrected chi connectivity index (χ3v) is 5.40. The van der Waals surface area contributed by atoms with E-state index in [1.165, 1.54) is 0 Å². The normalized spacial score (nSPS) is 15.9. The van der Waals surface area contributed by atoms with Gasteiger partial charge >= 0.3 is 0 Å². The lowest BCUT2D eigenvalue weighted by Crippen LogP contribution is -2.52. The van der Waals surface area contributed by atoms with Crippen molar-refractivity contribution in [2.45, 2.75) is 38.3 Å². The molecule has 3 rings (SSSR count). The third-order valence-electron chi connectivity index (χ3n) is 5.40. The van der Waals surface area contributed by atoms with Gasteiger partial charge in [0, 0.05) is 43.5 Å². The quantitative estimate of drug-likeness (QED) is 0.704. The maximum Gasteiger partial charge on any atom is 0.251 e. The summed E-state index contributed by atoms with van der Waals surface area (Å²) in [5.74, 6) is 0.157. The molecule has 0 radical (unpaired) electrons. The number of halogens is 2. The number of rotatable bonds is 6. The number of piperidine rings is 1. The van der Waals surface area contributed by atoms with Crippen molar-refractivity contribution in [3.8, 4) is 0 Å². The first-order chi connectivity index (χ1) is 13.5. The summed E-state index contributed by atoms with van der Waals surface area (Å²) < 4.78 is 0. The van der Waals surface area contributed by atoms with Crippen LogP contribution in [-0.2, 0) is 11.2 Å². The summed E-state index contributed by atoms with van der Waals surface area (Å²) in [6, 6.07) is 12.2. The lowest BCUT2D eigenvalue weighted by atomic mass is 9.90. The van der Waals surface area contributed by atoms with Gasteiger partial charge in [-0.1, -0.05) is 24.3 Å². The number of hydrogen-bond acceptors (Lipinski definition) is 4. The van der Waals surface area contributed by atoms with E-state index in [0.717, 1.165) is 18.4 Å². The predicted octanol–water partition coefficient (Wildman–Crippen LogP) is 2.85. The van der Waals surface area contributed by atoms with Crippen LogP contribution in [0.2, 0.25) is 0 Å². The lowest BCUT2D eigenvalue weighted by Gasteiger charge is -2.35. The highest BCUT2D eigenvalue weighted by molar-refractivity contribution is 5.97. The van der Waals surface area contributed by atoms with E-state index in [1.54, 1.807) is 24.5 Å². The van der Waals surface area contributed by atoms with Crippen LogP contribution in [0.5, 0.6) is 0 Å². The molecule has 2 atom stereocenters. The van der Waals surface area contributed by atoms with Crippen LogP contribution in [0.3, 0.4) is 0 Å². The average Bonchev–Trinajstić information content (AvgIpc) is 2.74. The summed E-state index contributed by atoms with van der Waals surface area (Å²) in [7, 11) is 0. The molecule has 2 amide bonds. The number of benzene rings is 1. The topological polar surface area (TPSA) is 88.3 Å². The Balaban J connectivity index is 0.00000225. The molecule has 0 aliphatic carbocycles. The molecule has 2 aromatic rings. The van der Waals surface area contributed by atoms with Gasteiger partial charge in [0.25, 0.3) is 5.91 Å². The third kappa shape index (κ3) is 6.97. The Labute approximate surface area is 190 Å². The number of nitrogens with two attached hydrogens (primary N) is 1. The van der Waals surface area contributed by atoms with Crippen molar-refractivity contribution in [3.63, 3.8) is 0 Å². The van der Waals surface area contributed by atoms with Crippen LogP contribution in [0, 0.1) is 5.92 Å². The van der Waals surface area contributed by atoms with Gasteiger partial charge in [0.1, 0.15) is 6.04 Å². The molecule has 0 spiro atoms. The van der Waals surface area contributed by atoms with Crippen LogP contribution in [0.1, 0.15) is 35.7 Å². The van der Waals surface area contributed by atoms with Gasteiger partial charge in [0.15, 0.2) is 0 Å². The van der Waals surface area contributed by atoms with E-state index in [2.05, 4.69) is 10.3 Å². The van der Waals surface area contributed by atoms with E-state index >= 15 is 0 Å². The molecule has 2 heterocycles. The number of carbonyl (C=O) groups excluding carboxylic acids is 2. The zero-order chi connectivity index (χ0) is 19.9. The largest absolute Gasteiger partial charge is 0.341 e. The van der Waals surface area contributed by atoms with Gasteiger partial charge in [-0.25, -0.2) is 0 Å². The second kappa shape index (κ2) is 12.5. The van der Waals surface area contributed by atoms with Crippen molar-refractivity contribution >= 4 is 36.6 Å². The standard InChI is InChI=1S/C22H28N4O2.2ClH/c1-16(23)18-9-12-26(13-10-18)22(28)20(14-17-6-5-11-24-15-17)25-21(27)19-7-3-2-4-8-19;;/h2-8,11,15-16,18,20H,9-10,12-14,23H2,1H3,(H,25,27);2*1H. The molecule has 0 bridgehead atoms. The molecule has 164 valence electrons. The zero-order valence-electron chi connectivity index (χ0n) is 17.1. The molecular formula is C22H30Cl2N4O2. The van der Waals surface area contributed by atoms with E-state index < -0.39 is 6.04 Å². The van der Waals surface area contributed by atoms with Crippen molar-refractivity contribution in [2.75, 3.05) is 13.1 Å². The Morgan fingerprint density at radius 2 is 1.80 bits per heavy atom. The Bertz CT molecular complexity index is 782. The highest BCUT2D eigenvalue weighted by Gasteiger charge is 2.30. The molecule has 1 fully saturated rings. The smallest absolute Gasteiger partial charge is 0.251 e. The number of likely N-dealkylation sites (tertiary alicyclic amines) is 1. The molecule has 6 nitrogen and oxygen atoms in total. The van der Waals surface area contributed by atoms with E-state index in [1.807, 2.05) is 42.2 Å². The van der Waals surface area contributed by atoms with Crippen molar-refractivity contribution in [3.05, 3.63) is 66.0 Å². The van der Waals surface area contributed by atoms with E-state index in [9.17, 15) is 9.59 Å². The lowest BCUT2D eigenvalue weighted by molar-refractivity contribution is -0.134. The van der Waals surface area contributed by atoms with Crippen LogP contribution in [0.25, 0.3) is 0 Å².